The number of rotatable bonds is 9. The number of nitrogens with zero attached hydrogens (tertiary/aromatic N) is 2. The Morgan fingerprint density at radius 1 is 0.686 bits per heavy atom. The van der Waals surface area contributed by atoms with E-state index in [2.05, 4.69) is 0 Å². The lowest BCUT2D eigenvalue weighted by molar-refractivity contribution is 0.354. The second-order valence-corrected chi connectivity index (χ2v) is 7.86. The fraction of sp³-hybridized carbons (Fsp3) is 0.214. The van der Waals surface area contributed by atoms with E-state index < -0.39 is 0 Å². The molecule has 4 rings (SSSR count). The van der Waals surface area contributed by atoms with Crippen LogP contribution in [0.4, 0.5) is 0 Å². The highest BCUT2D eigenvalue weighted by molar-refractivity contribution is 5.80. The summed E-state index contributed by atoms with van der Waals surface area (Å²) < 4.78 is 22.8. The number of aromatic nitrogens is 2. The Balaban J connectivity index is 1.72. The van der Waals surface area contributed by atoms with Crippen molar-refractivity contribution < 1.29 is 18.9 Å². The van der Waals surface area contributed by atoms with Gasteiger partial charge in [0.05, 0.1) is 34.1 Å². The summed E-state index contributed by atoms with van der Waals surface area (Å²) in [6, 6.07) is 22.6. The lowest BCUT2D eigenvalue weighted by Gasteiger charge is -2.14. The van der Waals surface area contributed by atoms with Crippen molar-refractivity contribution in [2.24, 2.45) is 0 Å². The molecule has 0 aliphatic heterocycles. The van der Waals surface area contributed by atoms with Gasteiger partial charge in [-0.2, -0.15) is 5.10 Å². The summed E-state index contributed by atoms with van der Waals surface area (Å²) >= 11 is 0. The van der Waals surface area contributed by atoms with Gasteiger partial charge in [0.2, 0.25) is 0 Å². The first-order chi connectivity index (χ1) is 17.1. The zero-order valence-corrected chi connectivity index (χ0v) is 20.3. The third-order valence-electron chi connectivity index (χ3n) is 5.82. The summed E-state index contributed by atoms with van der Waals surface area (Å²) in [5.41, 5.74) is 4.08. The van der Waals surface area contributed by atoms with Gasteiger partial charge in [-0.15, -0.1) is 0 Å². The molecule has 0 N–H and O–H groups in total. The van der Waals surface area contributed by atoms with E-state index in [-0.39, 0.29) is 5.56 Å². The van der Waals surface area contributed by atoms with Crippen molar-refractivity contribution in [3.8, 4) is 45.4 Å². The van der Waals surface area contributed by atoms with E-state index in [1.54, 1.807) is 34.5 Å². The maximum atomic E-state index is 13.1. The number of hydrogen-bond acceptors (Lipinski definition) is 6. The molecule has 1 heterocycles. The van der Waals surface area contributed by atoms with Gasteiger partial charge in [-0.1, -0.05) is 18.2 Å². The molecule has 0 atom stereocenters. The standard InChI is InChI=1S/C28H28N2O5/c1-32-22-10-6-20(7-11-22)24-18-27(31)30(29-28(24)21-8-12-23(33-2)13-9-21)16-15-19-5-14-25(34-3)26(17-19)35-4/h5-14,17-18H,15-16H2,1-4H3. The Bertz CT molecular complexity index is 1350. The summed E-state index contributed by atoms with van der Waals surface area (Å²) in [5, 5.41) is 4.78. The largest absolute Gasteiger partial charge is 0.497 e. The Labute approximate surface area is 204 Å². The molecule has 7 nitrogen and oxygen atoms in total. The molecule has 35 heavy (non-hydrogen) atoms. The number of ether oxygens (including phenoxy) is 4. The highest BCUT2D eigenvalue weighted by atomic mass is 16.5. The summed E-state index contributed by atoms with van der Waals surface area (Å²) in [6.07, 6.45) is 0.608. The van der Waals surface area contributed by atoms with Crippen molar-refractivity contribution in [1.82, 2.24) is 9.78 Å². The minimum absolute atomic E-state index is 0.173. The maximum Gasteiger partial charge on any atom is 0.267 e. The molecule has 0 fully saturated rings. The Morgan fingerprint density at radius 3 is 1.86 bits per heavy atom. The van der Waals surface area contributed by atoms with Gasteiger partial charge in [-0.3, -0.25) is 4.79 Å². The van der Waals surface area contributed by atoms with Gasteiger partial charge < -0.3 is 18.9 Å². The molecule has 3 aromatic carbocycles. The Kier molecular flexibility index (Phi) is 7.35. The quantitative estimate of drug-likeness (QED) is 0.347. The highest BCUT2D eigenvalue weighted by Crippen LogP contribution is 2.32. The monoisotopic (exact) mass is 472 g/mol. The van der Waals surface area contributed by atoms with Crippen molar-refractivity contribution in [2.45, 2.75) is 13.0 Å². The van der Waals surface area contributed by atoms with E-state index in [0.717, 1.165) is 33.8 Å². The topological polar surface area (TPSA) is 71.8 Å². The summed E-state index contributed by atoms with van der Waals surface area (Å²) in [6.45, 7) is 0.417. The van der Waals surface area contributed by atoms with Gasteiger partial charge in [0.25, 0.3) is 5.56 Å². The van der Waals surface area contributed by atoms with Crippen LogP contribution in [0.25, 0.3) is 22.4 Å². The van der Waals surface area contributed by atoms with Crippen LogP contribution in [0.3, 0.4) is 0 Å². The average Bonchev–Trinajstić information content (AvgIpc) is 2.92. The molecule has 0 aliphatic carbocycles. The van der Waals surface area contributed by atoms with Crippen molar-refractivity contribution in [1.29, 1.82) is 0 Å². The van der Waals surface area contributed by atoms with E-state index in [1.165, 1.54) is 4.68 Å². The molecule has 0 bridgehead atoms. The molecule has 1 aromatic heterocycles. The number of aryl methyl sites for hydroxylation is 2. The van der Waals surface area contributed by atoms with Gasteiger partial charge in [-0.25, -0.2) is 4.68 Å². The number of benzene rings is 3. The molecule has 0 saturated heterocycles. The van der Waals surface area contributed by atoms with Gasteiger partial charge in [0.15, 0.2) is 11.5 Å². The summed E-state index contributed by atoms with van der Waals surface area (Å²) in [4.78, 5) is 13.1. The minimum Gasteiger partial charge on any atom is -0.497 e. The van der Waals surface area contributed by atoms with Gasteiger partial charge >= 0.3 is 0 Å². The Hall–Kier alpha value is -4.26. The smallest absolute Gasteiger partial charge is 0.267 e. The van der Waals surface area contributed by atoms with E-state index in [1.807, 2.05) is 66.7 Å². The van der Waals surface area contributed by atoms with Crippen LogP contribution < -0.4 is 24.5 Å². The van der Waals surface area contributed by atoms with Crippen molar-refractivity contribution in [3.63, 3.8) is 0 Å². The third kappa shape index (κ3) is 5.30. The predicted molar refractivity (Wildman–Crippen MR) is 136 cm³/mol. The fourth-order valence-electron chi connectivity index (χ4n) is 3.87. The van der Waals surface area contributed by atoms with E-state index >= 15 is 0 Å². The molecule has 7 heteroatoms. The van der Waals surface area contributed by atoms with Gasteiger partial charge in [0.1, 0.15) is 11.5 Å². The average molecular weight is 473 g/mol. The first-order valence-corrected chi connectivity index (χ1v) is 11.2. The van der Waals surface area contributed by atoms with E-state index in [0.29, 0.717) is 30.2 Å². The molecule has 180 valence electrons. The summed E-state index contributed by atoms with van der Waals surface area (Å²) in [5.74, 6) is 2.81. The second-order valence-electron chi connectivity index (χ2n) is 7.86. The predicted octanol–water partition coefficient (Wildman–Crippen LogP) is 4.85. The van der Waals surface area contributed by atoms with Crippen LogP contribution in [-0.4, -0.2) is 38.2 Å². The first kappa shape index (κ1) is 23.9. The molecule has 0 aliphatic rings. The Morgan fingerprint density at radius 2 is 1.29 bits per heavy atom. The molecule has 4 aromatic rings. The molecule has 0 amide bonds. The van der Waals surface area contributed by atoms with Gasteiger partial charge in [-0.05, 0) is 66.1 Å². The lowest BCUT2D eigenvalue weighted by Crippen LogP contribution is -2.24. The van der Waals surface area contributed by atoms with Crippen LogP contribution in [0.15, 0.2) is 77.6 Å². The number of methoxy groups -OCH3 is 4. The zero-order valence-electron chi connectivity index (χ0n) is 20.3. The normalized spacial score (nSPS) is 10.6. The molecule has 0 spiro atoms. The number of hydrogen-bond donors (Lipinski definition) is 0. The summed E-state index contributed by atoms with van der Waals surface area (Å²) in [7, 11) is 6.46. The molecule has 0 saturated carbocycles. The second kappa shape index (κ2) is 10.8. The molecular formula is C28H28N2O5. The fourth-order valence-corrected chi connectivity index (χ4v) is 3.87. The van der Waals surface area contributed by atoms with Crippen LogP contribution in [0.2, 0.25) is 0 Å². The minimum atomic E-state index is -0.173. The molecular weight excluding hydrogens is 444 g/mol. The zero-order chi connectivity index (χ0) is 24.8. The third-order valence-corrected chi connectivity index (χ3v) is 5.82. The molecule has 0 radical (unpaired) electrons. The van der Waals surface area contributed by atoms with Crippen molar-refractivity contribution >= 4 is 0 Å². The van der Waals surface area contributed by atoms with E-state index in [4.69, 9.17) is 24.0 Å². The van der Waals surface area contributed by atoms with Crippen molar-refractivity contribution in [2.75, 3.05) is 28.4 Å². The van der Waals surface area contributed by atoms with Crippen molar-refractivity contribution in [3.05, 3.63) is 88.7 Å². The van der Waals surface area contributed by atoms with Crippen LogP contribution in [0.5, 0.6) is 23.0 Å². The van der Waals surface area contributed by atoms with E-state index in [9.17, 15) is 4.79 Å². The van der Waals surface area contributed by atoms with Crippen LogP contribution in [-0.2, 0) is 13.0 Å². The highest BCUT2D eigenvalue weighted by Gasteiger charge is 2.14. The van der Waals surface area contributed by atoms with Crippen LogP contribution in [0.1, 0.15) is 5.56 Å². The first-order valence-electron chi connectivity index (χ1n) is 11.2. The van der Waals surface area contributed by atoms with Gasteiger partial charge in [0, 0.05) is 23.7 Å². The maximum absolute atomic E-state index is 13.1. The lowest BCUT2D eigenvalue weighted by atomic mass is 10.00. The SMILES string of the molecule is COc1ccc(-c2cc(=O)n(CCc3ccc(OC)c(OC)c3)nc2-c2ccc(OC)cc2)cc1. The molecule has 0 unspecified atom stereocenters. The van der Waals surface area contributed by atoms with Crippen LogP contribution in [0, 0.1) is 0 Å². The van der Waals surface area contributed by atoms with Crippen LogP contribution >= 0.6 is 0 Å².